The summed E-state index contributed by atoms with van der Waals surface area (Å²) in [5, 5.41) is 55.2. The molecule has 21 N–H and O–H groups in total. The van der Waals surface area contributed by atoms with E-state index in [1.165, 1.54) is 4.90 Å². The number of aromatic amines is 1. The highest BCUT2D eigenvalue weighted by Gasteiger charge is 2.45. The number of rotatable bonds is 28. The zero-order chi connectivity index (χ0) is 54.0. The number of aliphatic hydroxyl groups excluding tert-OH is 4. The molecule has 0 bridgehead atoms. The predicted molar refractivity (Wildman–Crippen MR) is 248 cm³/mol. The average molecular weight is 1030 g/mol. The molecular formula is C41H67N15O16. The average Bonchev–Trinajstić information content (AvgIpc) is 3.93. The summed E-state index contributed by atoms with van der Waals surface area (Å²) >= 11 is 0. The van der Waals surface area contributed by atoms with Crippen LogP contribution >= 0.6 is 0 Å². The van der Waals surface area contributed by atoms with Gasteiger partial charge < -0.3 is 90.6 Å². The molecule has 2 saturated heterocycles. The third-order valence-electron chi connectivity index (χ3n) is 11.6. The van der Waals surface area contributed by atoms with E-state index in [1.807, 2.05) is 4.98 Å². The lowest BCUT2D eigenvalue weighted by Gasteiger charge is -2.31. The van der Waals surface area contributed by atoms with Gasteiger partial charge in [-0.1, -0.05) is 13.8 Å². The van der Waals surface area contributed by atoms with Crippen LogP contribution < -0.4 is 71.8 Å². The van der Waals surface area contributed by atoms with E-state index in [1.54, 1.807) is 13.8 Å². The van der Waals surface area contributed by atoms with Crippen LogP contribution in [0.3, 0.4) is 0 Å². The van der Waals surface area contributed by atoms with Gasteiger partial charge >= 0.3 is 5.69 Å². The maximum Gasteiger partial charge on any atom is 0.330 e. The van der Waals surface area contributed by atoms with Crippen molar-refractivity contribution >= 4 is 59.1 Å². The Morgan fingerprint density at radius 3 is 1.96 bits per heavy atom. The summed E-state index contributed by atoms with van der Waals surface area (Å²) in [6.45, 7) is 1.12. The van der Waals surface area contributed by atoms with Gasteiger partial charge in [-0.15, -0.1) is 0 Å². The summed E-state index contributed by atoms with van der Waals surface area (Å²) in [4.78, 5) is 149. The van der Waals surface area contributed by atoms with Gasteiger partial charge in [-0.05, 0) is 44.4 Å². The summed E-state index contributed by atoms with van der Waals surface area (Å²) in [6, 6.07) is -9.27. The van der Waals surface area contributed by atoms with E-state index in [0.717, 1.165) is 16.8 Å². The first-order valence-corrected chi connectivity index (χ1v) is 22.9. The van der Waals surface area contributed by atoms with E-state index in [0.29, 0.717) is 12.8 Å². The number of ether oxygens (including phenoxy) is 1. The molecular weight excluding hydrogens is 959 g/mol. The largest absolute Gasteiger partial charge is 0.394 e. The minimum Gasteiger partial charge on any atom is -0.394 e. The molecule has 0 spiro atoms. The van der Waals surface area contributed by atoms with Crippen molar-refractivity contribution in [3.05, 3.63) is 33.1 Å². The Morgan fingerprint density at radius 1 is 0.806 bits per heavy atom. The van der Waals surface area contributed by atoms with Crippen molar-refractivity contribution in [3.63, 3.8) is 0 Å². The third-order valence-corrected chi connectivity index (χ3v) is 11.6. The zero-order valence-corrected chi connectivity index (χ0v) is 39.7. The Hall–Kier alpha value is -7.06. The van der Waals surface area contributed by atoms with Gasteiger partial charge in [0.2, 0.25) is 53.2 Å². The quantitative estimate of drug-likeness (QED) is 0.0210. The fourth-order valence-corrected chi connectivity index (χ4v) is 7.55. The highest BCUT2D eigenvalue weighted by atomic mass is 16.6. The van der Waals surface area contributed by atoms with Crippen LogP contribution in [0.2, 0.25) is 0 Å². The maximum absolute atomic E-state index is 13.9. The Labute approximate surface area is 410 Å². The van der Waals surface area contributed by atoms with Crippen LogP contribution in [-0.2, 0) is 47.9 Å². The van der Waals surface area contributed by atoms with Gasteiger partial charge in [-0.2, -0.15) is 0 Å². The molecule has 0 unspecified atom stereocenters. The number of nitrogens with two attached hydrogens (primary N) is 5. The molecule has 3 rings (SSSR count). The first-order valence-electron chi connectivity index (χ1n) is 22.9. The normalized spacial score (nSPS) is 20.9. The number of hydrogen-bond acceptors (Lipinski definition) is 18. The Morgan fingerprint density at radius 2 is 1.40 bits per heavy atom. The minimum atomic E-state index is -1.80. The molecule has 1 aromatic rings. The van der Waals surface area contributed by atoms with Crippen LogP contribution in [0.15, 0.2) is 26.8 Å². The maximum atomic E-state index is 13.9. The van der Waals surface area contributed by atoms with Crippen LogP contribution in [0.4, 0.5) is 0 Å². The number of aliphatic hydroxyl groups is 4. The number of carbonyl (C=O) groups is 9. The molecule has 0 saturated carbocycles. The monoisotopic (exact) mass is 1030 g/mol. The number of likely N-dealkylation sites (tertiary alicyclic amines) is 1. The Kier molecular flexibility index (Phi) is 23.1. The van der Waals surface area contributed by atoms with Crippen molar-refractivity contribution in [2.45, 2.75) is 132 Å². The fraction of sp³-hybridized carbons (Fsp3) is 0.659. The number of aliphatic imine (C=N–C) groups is 1. The number of H-pyrrole nitrogens is 1. The standard InChI is InChI=1S/C41H67N15O16/c1-18(2)29(54-33(65)19(42)5-3-12-47-40(45)46)38(70)55-13-4-6-24(55)37(69)52-23(17-58)36(68)50-21(34(66)49-20(7-9-26(43)59)35(67)51-22(16-57)32(44)64)8-10-27(60)48-15-25-30(62)31(63)39(72-25)56-14-11-28(61)53-41(56)71/h11,14,18-25,29-31,39,57-58,62-63H,3-10,12-13,15-17,42H2,1-2H3,(H2,43,59)(H2,44,64)(H,48,60)(H,49,66)(H,50,68)(H,51,67)(H,52,69)(H,54,65)(H4,45,46,47)(H,53,61,71)/t19-,20-,21-,22-,23-,24-,25+,29-,30+,31+,39+/m0/s1. The summed E-state index contributed by atoms with van der Waals surface area (Å²) in [6.07, 6.45) is -6.30. The van der Waals surface area contributed by atoms with Crippen LogP contribution in [0.25, 0.3) is 0 Å². The molecule has 2 aliphatic heterocycles. The summed E-state index contributed by atoms with van der Waals surface area (Å²) in [7, 11) is 0. The SMILES string of the molecule is CC(C)[C@H](NC(=O)[C@@H](N)CCCN=C(N)N)C(=O)N1CCC[C@H]1C(=O)N[C@@H](CO)C(=O)N[C@@H](CCC(=O)NC[C@H]1O[C@@H](n2ccc(=O)[nH]c2=O)[C@H](O)[C@@H]1O)C(=O)N[C@@H](CCC(N)=O)C(=O)N[C@@H](CO)C(N)=O. The molecule has 1 aromatic heterocycles. The van der Waals surface area contributed by atoms with Crippen molar-refractivity contribution in [2.75, 3.05) is 32.8 Å². The molecule has 31 nitrogen and oxygen atoms in total. The van der Waals surface area contributed by atoms with E-state index in [2.05, 4.69) is 36.9 Å². The lowest BCUT2D eigenvalue weighted by atomic mass is 10.0. The van der Waals surface area contributed by atoms with Gasteiger partial charge in [-0.3, -0.25) is 62.5 Å². The van der Waals surface area contributed by atoms with Crippen molar-refractivity contribution in [1.29, 1.82) is 0 Å². The van der Waals surface area contributed by atoms with Crippen LogP contribution in [0, 0.1) is 5.92 Å². The molecule has 2 aliphatic rings. The summed E-state index contributed by atoms with van der Waals surface area (Å²) in [5.74, 6) is -9.20. The second-order valence-electron chi connectivity index (χ2n) is 17.4. The summed E-state index contributed by atoms with van der Waals surface area (Å²) in [5.41, 5.74) is 25.5. The zero-order valence-electron chi connectivity index (χ0n) is 39.7. The second-order valence-corrected chi connectivity index (χ2v) is 17.4. The number of carbonyl (C=O) groups excluding carboxylic acids is 9. The van der Waals surface area contributed by atoms with Gasteiger partial charge in [0.15, 0.2) is 12.2 Å². The molecule has 2 fully saturated rings. The second kappa shape index (κ2) is 28.1. The minimum absolute atomic E-state index is 0.0754. The number of hydrogen-bond donors (Lipinski definition) is 16. The van der Waals surface area contributed by atoms with Gasteiger partial charge in [0, 0.05) is 44.7 Å². The van der Waals surface area contributed by atoms with Gasteiger partial charge in [-0.25, -0.2) is 4.79 Å². The van der Waals surface area contributed by atoms with Crippen molar-refractivity contribution in [2.24, 2.45) is 39.6 Å². The lowest BCUT2D eigenvalue weighted by molar-refractivity contribution is -0.143. The molecule has 11 atom stereocenters. The van der Waals surface area contributed by atoms with E-state index >= 15 is 0 Å². The number of guanidine groups is 1. The Bertz CT molecular complexity index is 2250. The number of nitrogens with zero attached hydrogens (tertiary/aromatic N) is 3. The number of aromatic nitrogens is 2. The fourth-order valence-electron chi connectivity index (χ4n) is 7.55. The molecule has 3 heterocycles. The first-order chi connectivity index (χ1) is 33.9. The molecule has 31 heteroatoms. The number of nitrogens with one attached hydrogen (secondary N) is 7. The van der Waals surface area contributed by atoms with Crippen LogP contribution in [0.5, 0.6) is 0 Å². The van der Waals surface area contributed by atoms with E-state index in [4.69, 9.17) is 33.4 Å². The Balaban J connectivity index is 1.80. The van der Waals surface area contributed by atoms with Gasteiger partial charge in [0.1, 0.15) is 54.6 Å². The molecule has 402 valence electrons. The van der Waals surface area contributed by atoms with Crippen LogP contribution in [-0.4, -0.2) is 187 Å². The lowest BCUT2D eigenvalue weighted by Crippen LogP contribution is -2.60. The van der Waals surface area contributed by atoms with E-state index in [9.17, 15) is 73.2 Å². The first kappa shape index (κ1) is 59.2. The molecule has 9 amide bonds. The molecule has 0 aliphatic carbocycles. The molecule has 0 radical (unpaired) electrons. The van der Waals surface area contributed by atoms with Crippen molar-refractivity contribution < 1.29 is 68.3 Å². The number of amides is 9. The summed E-state index contributed by atoms with van der Waals surface area (Å²) < 4.78 is 6.40. The highest BCUT2D eigenvalue weighted by molar-refractivity contribution is 5.98. The van der Waals surface area contributed by atoms with E-state index < -0.39 is 183 Å². The molecule has 72 heavy (non-hydrogen) atoms. The smallest absolute Gasteiger partial charge is 0.330 e. The molecule has 0 aromatic carbocycles. The van der Waals surface area contributed by atoms with Crippen molar-refractivity contribution in [1.82, 2.24) is 46.4 Å². The van der Waals surface area contributed by atoms with Crippen molar-refractivity contribution in [3.8, 4) is 0 Å². The number of primary amides is 2. The highest BCUT2D eigenvalue weighted by Crippen LogP contribution is 2.28. The third kappa shape index (κ3) is 17.4. The van der Waals surface area contributed by atoms with E-state index in [-0.39, 0.29) is 31.9 Å². The van der Waals surface area contributed by atoms with Gasteiger partial charge in [0.05, 0.1) is 19.3 Å². The van der Waals surface area contributed by atoms with Gasteiger partial charge in [0.25, 0.3) is 5.56 Å². The topological polar surface area (TPSA) is 517 Å². The van der Waals surface area contributed by atoms with Crippen LogP contribution in [0.1, 0.15) is 71.4 Å². The predicted octanol–water partition coefficient (Wildman–Crippen LogP) is -9.76.